The topological polar surface area (TPSA) is 64.6 Å². The fraction of sp³-hybridized carbons (Fsp3) is 0.333. The summed E-state index contributed by atoms with van der Waals surface area (Å²) >= 11 is 0. The van der Waals surface area contributed by atoms with Gasteiger partial charge >= 0.3 is 0 Å². The maximum atomic E-state index is 12.8. The molecule has 1 aliphatic rings. The number of amides is 1. The van der Waals surface area contributed by atoms with Gasteiger partial charge < -0.3 is 14.8 Å². The highest BCUT2D eigenvalue weighted by molar-refractivity contribution is 5.93. The van der Waals surface area contributed by atoms with Crippen molar-refractivity contribution in [1.29, 1.82) is 0 Å². The van der Waals surface area contributed by atoms with Crippen molar-refractivity contribution in [2.45, 2.75) is 38.2 Å². The summed E-state index contributed by atoms with van der Waals surface area (Å²) in [4.78, 5) is 24.7. The molecule has 0 aromatic heterocycles. The van der Waals surface area contributed by atoms with E-state index in [0.717, 1.165) is 11.1 Å². The van der Waals surface area contributed by atoms with E-state index in [2.05, 4.69) is 5.32 Å². The van der Waals surface area contributed by atoms with E-state index in [1.165, 1.54) is 0 Å². The maximum Gasteiger partial charge on any atom is 0.250 e. The number of ketones is 1. The Kier molecular flexibility index (Phi) is 6.15. The van der Waals surface area contributed by atoms with Crippen LogP contribution >= 0.6 is 0 Å². The number of carbonyl (C=O) groups excluding carboxylic acids is 2. The van der Waals surface area contributed by atoms with Gasteiger partial charge in [-0.25, -0.2) is 0 Å². The first kappa shape index (κ1) is 18.3. The standard InChI is InChI=1S/C21H23NO4/c1-15-20(18(23)14-25-15)22-21(24)19(12-16-8-4-2-5-9-16)26-13-17-10-6-3-7-11-17/h2-11,15,19-20H,12-14H2,1H3,(H,22,24)/t15?,19-,20+/m1/s1. The van der Waals surface area contributed by atoms with Crippen molar-refractivity contribution < 1.29 is 19.1 Å². The molecule has 1 saturated heterocycles. The Balaban J connectivity index is 1.68. The van der Waals surface area contributed by atoms with Crippen molar-refractivity contribution in [3.8, 4) is 0 Å². The average Bonchev–Trinajstić information content (AvgIpc) is 2.98. The van der Waals surface area contributed by atoms with E-state index in [1.54, 1.807) is 6.92 Å². The molecule has 1 amide bonds. The number of hydrogen-bond acceptors (Lipinski definition) is 4. The minimum atomic E-state index is -0.682. The highest BCUT2D eigenvalue weighted by Crippen LogP contribution is 2.13. The molecule has 0 aliphatic carbocycles. The summed E-state index contributed by atoms with van der Waals surface area (Å²) in [5.41, 5.74) is 2.00. The van der Waals surface area contributed by atoms with E-state index in [1.807, 2.05) is 60.7 Å². The Morgan fingerprint density at radius 3 is 2.31 bits per heavy atom. The molecule has 3 rings (SSSR count). The molecule has 3 atom stereocenters. The summed E-state index contributed by atoms with van der Waals surface area (Å²) in [6.45, 7) is 2.16. The first-order valence-electron chi connectivity index (χ1n) is 8.77. The Morgan fingerprint density at radius 2 is 1.73 bits per heavy atom. The third-order valence-electron chi connectivity index (χ3n) is 4.45. The van der Waals surface area contributed by atoms with Gasteiger partial charge in [0.05, 0.1) is 12.7 Å². The molecule has 0 radical (unpaired) electrons. The van der Waals surface area contributed by atoms with Crippen molar-refractivity contribution >= 4 is 11.7 Å². The normalized spacial score (nSPS) is 20.7. The molecule has 1 heterocycles. The highest BCUT2D eigenvalue weighted by Gasteiger charge is 2.35. The molecule has 2 aromatic rings. The molecule has 0 bridgehead atoms. The molecule has 1 N–H and O–H groups in total. The monoisotopic (exact) mass is 353 g/mol. The van der Waals surface area contributed by atoms with Crippen molar-refractivity contribution in [2.24, 2.45) is 0 Å². The van der Waals surface area contributed by atoms with Gasteiger partial charge in [0.1, 0.15) is 18.8 Å². The Morgan fingerprint density at radius 1 is 1.12 bits per heavy atom. The molecule has 5 nitrogen and oxygen atoms in total. The van der Waals surface area contributed by atoms with Gasteiger partial charge in [0.2, 0.25) is 5.91 Å². The molecule has 0 spiro atoms. The number of nitrogens with one attached hydrogen (secondary N) is 1. The van der Waals surface area contributed by atoms with Crippen LogP contribution < -0.4 is 5.32 Å². The molecule has 5 heteroatoms. The Labute approximate surface area is 153 Å². The van der Waals surface area contributed by atoms with Crippen LogP contribution in [-0.4, -0.2) is 36.5 Å². The van der Waals surface area contributed by atoms with E-state index in [-0.39, 0.29) is 24.4 Å². The van der Waals surface area contributed by atoms with Crippen LogP contribution in [0.3, 0.4) is 0 Å². The summed E-state index contributed by atoms with van der Waals surface area (Å²) in [5.74, 6) is -0.396. The van der Waals surface area contributed by atoms with E-state index in [0.29, 0.717) is 13.0 Å². The zero-order valence-corrected chi connectivity index (χ0v) is 14.8. The predicted octanol–water partition coefficient (Wildman–Crippen LogP) is 2.29. The van der Waals surface area contributed by atoms with Crippen LogP contribution in [0.2, 0.25) is 0 Å². The first-order chi connectivity index (χ1) is 12.6. The number of benzene rings is 2. The van der Waals surface area contributed by atoms with Gasteiger partial charge in [-0.05, 0) is 18.1 Å². The number of carbonyl (C=O) groups is 2. The third kappa shape index (κ3) is 4.77. The van der Waals surface area contributed by atoms with Crippen LogP contribution in [0.5, 0.6) is 0 Å². The first-order valence-corrected chi connectivity index (χ1v) is 8.77. The minimum absolute atomic E-state index is 0.0420. The second-order valence-electron chi connectivity index (χ2n) is 6.44. The van der Waals surface area contributed by atoms with Crippen molar-refractivity contribution in [1.82, 2.24) is 5.32 Å². The molecular formula is C21H23NO4. The van der Waals surface area contributed by atoms with E-state index < -0.39 is 12.1 Å². The lowest BCUT2D eigenvalue weighted by molar-refractivity contribution is -0.136. The van der Waals surface area contributed by atoms with Crippen LogP contribution in [0.1, 0.15) is 18.1 Å². The number of hydrogen-bond donors (Lipinski definition) is 1. The highest BCUT2D eigenvalue weighted by atomic mass is 16.5. The Hall–Kier alpha value is -2.50. The minimum Gasteiger partial charge on any atom is -0.368 e. The summed E-state index contributed by atoms with van der Waals surface area (Å²) in [7, 11) is 0. The van der Waals surface area contributed by atoms with Gasteiger partial charge in [0.15, 0.2) is 5.78 Å². The number of ether oxygens (including phenoxy) is 2. The molecule has 1 unspecified atom stereocenters. The van der Waals surface area contributed by atoms with Crippen LogP contribution in [0, 0.1) is 0 Å². The van der Waals surface area contributed by atoms with E-state index in [9.17, 15) is 9.59 Å². The van der Waals surface area contributed by atoms with Gasteiger partial charge in [-0.1, -0.05) is 60.7 Å². The lowest BCUT2D eigenvalue weighted by Gasteiger charge is -2.21. The van der Waals surface area contributed by atoms with Crippen LogP contribution in [0.4, 0.5) is 0 Å². The van der Waals surface area contributed by atoms with Crippen molar-refractivity contribution in [3.63, 3.8) is 0 Å². The second-order valence-corrected chi connectivity index (χ2v) is 6.44. The second kappa shape index (κ2) is 8.74. The third-order valence-corrected chi connectivity index (χ3v) is 4.45. The Bertz CT molecular complexity index is 732. The summed E-state index contributed by atoms with van der Waals surface area (Å²) in [6.07, 6.45) is -0.563. The molecule has 0 saturated carbocycles. The summed E-state index contributed by atoms with van der Waals surface area (Å²) in [6, 6.07) is 18.8. The largest absolute Gasteiger partial charge is 0.368 e. The maximum absolute atomic E-state index is 12.8. The zero-order valence-electron chi connectivity index (χ0n) is 14.8. The number of Topliss-reactive ketones (excluding diaryl/α,β-unsaturated/α-hetero) is 1. The lowest BCUT2D eigenvalue weighted by Crippen LogP contribution is -2.49. The van der Waals surface area contributed by atoms with E-state index in [4.69, 9.17) is 9.47 Å². The van der Waals surface area contributed by atoms with Crippen molar-refractivity contribution in [2.75, 3.05) is 6.61 Å². The van der Waals surface area contributed by atoms with E-state index >= 15 is 0 Å². The summed E-state index contributed by atoms with van der Waals surface area (Å²) < 4.78 is 11.2. The van der Waals surface area contributed by atoms with Crippen molar-refractivity contribution in [3.05, 3.63) is 71.8 Å². The van der Waals surface area contributed by atoms with Gasteiger partial charge in [0, 0.05) is 6.42 Å². The average molecular weight is 353 g/mol. The predicted molar refractivity (Wildman–Crippen MR) is 97.5 cm³/mol. The molecular weight excluding hydrogens is 330 g/mol. The van der Waals surface area contributed by atoms with Gasteiger partial charge in [-0.3, -0.25) is 9.59 Å². The number of rotatable bonds is 7. The molecule has 1 fully saturated rings. The van der Waals surface area contributed by atoms with Crippen LogP contribution in [0.15, 0.2) is 60.7 Å². The molecule has 26 heavy (non-hydrogen) atoms. The van der Waals surface area contributed by atoms with Gasteiger partial charge in [0.25, 0.3) is 0 Å². The lowest BCUT2D eigenvalue weighted by atomic mass is 10.1. The molecule has 2 aromatic carbocycles. The van der Waals surface area contributed by atoms with Crippen LogP contribution in [0.25, 0.3) is 0 Å². The quantitative estimate of drug-likeness (QED) is 0.829. The fourth-order valence-corrected chi connectivity index (χ4v) is 2.93. The smallest absolute Gasteiger partial charge is 0.250 e. The van der Waals surface area contributed by atoms with Gasteiger partial charge in [-0.15, -0.1) is 0 Å². The molecule has 136 valence electrons. The molecule has 1 aliphatic heterocycles. The summed E-state index contributed by atoms with van der Waals surface area (Å²) in [5, 5.41) is 2.80. The fourth-order valence-electron chi connectivity index (χ4n) is 2.93. The zero-order chi connectivity index (χ0) is 18.4. The van der Waals surface area contributed by atoms with Gasteiger partial charge in [-0.2, -0.15) is 0 Å². The van der Waals surface area contributed by atoms with Crippen LogP contribution in [-0.2, 0) is 32.1 Å². The SMILES string of the molecule is CC1OCC(=O)[C@H]1NC(=O)[C@@H](Cc1ccccc1)OCc1ccccc1.